The van der Waals surface area contributed by atoms with Crippen molar-refractivity contribution in [2.75, 3.05) is 0 Å². The van der Waals surface area contributed by atoms with Crippen molar-refractivity contribution in [3.05, 3.63) is 103 Å². The first-order valence-electron chi connectivity index (χ1n) is 10.4. The molecule has 1 N–H and O–H groups in total. The molecule has 0 aliphatic carbocycles. The maximum atomic E-state index is 13.1. The van der Waals surface area contributed by atoms with E-state index in [1.807, 2.05) is 13.0 Å². The van der Waals surface area contributed by atoms with Crippen molar-refractivity contribution in [3.63, 3.8) is 0 Å². The van der Waals surface area contributed by atoms with Crippen LogP contribution in [-0.4, -0.2) is 27.0 Å². The van der Waals surface area contributed by atoms with Crippen molar-refractivity contribution >= 4 is 50.6 Å². The molecular formula is C25H19BrClN3O4. The van der Waals surface area contributed by atoms with Gasteiger partial charge < -0.3 is 9.84 Å². The molecule has 3 aromatic carbocycles. The smallest absolute Gasteiger partial charge is 0.335 e. The molecule has 0 bridgehead atoms. The van der Waals surface area contributed by atoms with Crippen LogP contribution in [-0.2, 0) is 13.0 Å². The lowest BCUT2D eigenvalue weighted by molar-refractivity contribution is 0.0696. The number of carboxylic acids is 1. The number of hydrogen-bond donors (Lipinski definition) is 1. The van der Waals surface area contributed by atoms with Crippen LogP contribution in [0.1, 0.15) is 34.2 Å². The Hall–Kier alpha value is -3.49. The number of carboxylic acid groups (broad SMARTS) is 1. The molecule has 0 spiro atoms. The molecule has 0 aliphatic rings. The maximum absolute atomic E-state index is 13.1. The summed E-state index contributed by atoms with van der Waals surface area (Å²) in [6, 6.07) is 16.9. The van der Waals surface area contributed by atoms with Gasteiger partial charge in [0.05, 0.1) is 22.7 Å². The SMILES string of the molecule is CCc1nc2ccc(Br)cc2c(=O)n1N=Cc1cc(Cl)ccc1OCc1cccc(C(=O)O)c1. The topological polar surface area (TPSA) is 93.8 Å². The van der Waals surface area contributed by atoms with Crippen LogP contribution < -0.4 is 10.3 Å². The van der Waals surface area contributed by atoms with E-state index >= 15 is 0 Å². The van der Waals surface area contributed by atoms with E-state index in [9.17, 15) is 14.7 Å². The summed E-state index contributed by atoms with van der Waals surface area (Å²) in [5.74, 6) is -0.00289. The standard InChI is InChI=1S/C25H19BrClN3O4/c1-2-23-29-21-8-6-18(26)12-20(21)24(31)30(23)28-13-17-11-19(27)7-9-22(17)34-14-15-4-3-5-16(10-15)25(32)33/h3-13H,2,14H2,1H3,(H,32,33). The molecule has 4 aromatic rings. The van der Waals surface area contributed by atoms with Gasteiger partial charge in [-0.2, -0.15) is 9.78 Å². The first kappa shape index (κ1) is 23.7. The summed E-state index contributed by atoms with van der Waals surface area (Å²) < 4.78 is 7.97. The van der Waals surface area contributed by atoms with E-state index in [-0.39, 0.29) is 17.7 Å². The fourth-order valence-corrected chi connectivity index (χ4v) is 3.91. The molecule has 9 heteroatoms. The Balaban J connectivity index is 1.68. The number of fused-ring (bicyclic) bond motifs is 1. The Morgan fingerprint density at radius 2 is 2.03 bits per heavy atom. The van der Waals surface area contributed by atoms with E-state index < -0.39 is 5.97 Å². The average molecular weight is 541 g/mol. The van der Waals surface area contributed by atoms with Crippen LogP contribution in [0.5, 0.6) is 5.75 Å². The number of aromatic nitrogens is 2. The van der Waals surface area contributed by atoms with Gasteiger partial charge in [0.25, 0.3) is 5.56 Å². The fourth-order valence-electron chi connectivity index (χ4n) is 3.37. The number of ether oxygens (including phenoxy) is 1. The van der Waals surface area contributed by atoms with Crippen LogP contribution in [0.2, 0.25) is 5.02 Å². The van der Waals surface area contributed by atoms with Crippen molar-refractivity contribution in [3.8, 4) is 5.75 Å². The summed E-state index contributed by atoms with van der Waals surface area (Å²) in [7, 11) is 0. The van der Waals surface area contributed by atoms with Gasteiger partial charge in [-0.05, 0) is 54.1 Å². The van der Waals surface area contributed by atoms with Gasteiger partial charge in [0.15, 0.2) is 0 Å². The first-order chi connectivity index (χ1) is 16.4. The first-order valence-corrected chi connectivity index (χ1v) is 11.5. The van der Waals surface area contributed by atoms with Crippen molar-refractivity contribution in [1.29, 1.82) is 0 Å². The number of nitrogens with zero attached hydrogens (tertiary/aromatic N) is 3. The number of benzene rings is 3. The lowest BCUT2D eigenvalue weighted by Gasteiger charge is -2.11. The molecule has 34 heavy (non-hydrogen) atoms. The van der Waals surface area contributed by atoms with Crippen molar-refractivity contribution in [2.24, 2.45) is 5.10 Å². The zero-order valence-corrected chi connectivity index (χ0v) is 20.4. The summed E-state index contributed by atoms with van der Waals surface area (Å²) in [5, 5.41) is 14.5. The summed E-state index contributed by atoms with van der Waals surface area (Å²) in [4.78, 5) is 28.9. The largest absolute Gasteiger partial charge is 0.488 e. The van der Waals surface area contributed by atoms with E-state index in [1.165, 1.54) is 17.0 Å². The Kier molecular flexibility index (Phi) is 7.09. The normalized spacial score (nSPS) is 11.3. The van der Waals surface area contributed by atoms with Gasteiger partial charge in [-0.3, -0.25) is 4.79 Å². The van der Waals surface area contributed by atoms with Crippen molar-refractivity contribution in [2.45, 2.75) is 20.0 Å². The zero-order chi connectivity index (χ0) is 24.2. The van der Waals surface area contributed by atoms with Crippen molar-refractivity contribution < 1.29 is 14.6 Å². The second-order valence-electron chi connectivity index (χ2n) is 7.38. The van der Waals surface area contributed by atoms with Gasteiger partial charge in [-0.1, -0.05) is 46.6 Å². The summed E-state index contributed by atoms with van der Waals surface area (Å²) >= 11 is 9.58. The Morgan fingerprint density at radius 1 is 1.21 bits per heavy atom. The second-order valence-corrected chi connectivity index (χ2v) is 8.73. The molecule has 0 saturated carbocycles. The van der Waals surface area contributed by atoms with Crippen LogP contribution in [0.25, 0.3) is 10.9 Å². The highest BCUT2D eigenvalue weighted by Gasteiger charge is 2.11. The van der Waals surface area contributed by atoms with Crippen LogP contribution in [0.3, 0.4) is 0 Å². The highest BCUT2D eigenvalue weighted by atomic mass is 79.9. The summed E-state index contributed by atoms with van der Waals surface area (Å²) in [6.45, 7) is 2.05. The second kappa shape index (κ2) is 10.2. The van der Waals surface area contributed by atoms with Crippen molar-refractivity contribution in [1.82, 2.24) is 9.66 Å². The molecule has 0 saturated heterocycles. The Morgan fingerprint density at radius 3 is 2.79 bits per heavy atom. The average Bonchev–Trinajstić information content (AvgIpc) is 2.83. The number of halogens is 2. The number of carbonyl (C=O) groups is 1. The highest BCUT2D eigenvalue weighted by molar-refractivity contribution is 9.10. The third-order valence-corrected chi connectivity index (χ3v) is 5.77. The molecule has 0 fully saturated rings. The molecular weight excluding hydrogens is 522 g/mol. The monoisotopic (exact) mass is 539 g/mol. The third-order valence-electron chi connectivity index (χ3n) is 5.04. The predicted molar refractivity (Wildman–Crippen MR) is 135 cm³/mol. The van der Waals surface area contributed by atoms with Gasteiger partial charge in [0.2, 0.25) is 0 Å². The van der Waals surface area contributed by atoms with Crippen LogP contribution >= 0.6 is 27.5 Å². The maximum Gasteiger partial charge on any atom is 0.335 e. The van der Waals surface area contributed by atoms with Crippen LogP contribution in [0.15, 0.2) is 75.0 Å². The van der Waals surface area contributed by atoms with Crippen LogP contribution in [0.4, 0.5) is 0 Å². The van der Waals surface area contributed by atoms with Gasteiger partial charge in [0.1, 0.15) is 18.2 Å². The molecule has 4 rings (SSSR count). The molecule has 0 amide bonds. The molecule has 0 unspecified atom stereocenters. The molecule has 0 aliphatic heterocycles. The van der Waals surface area contributed by atoms with Gasteiger partial charge in [-0.15, -0.1) is 0 Å². The quantitative estimate of drug-likeness (QED) is 0.311. The van der Waals surface area contributed by atoms with E-state index in [0.717, 1.165) is 4.47 Å². The number of hydrogen-bond acceptors (Lipinski definition) is 5. The fraction of sp³-hybridized carbons (Fsp3) is 0.120. The molecule has 1 heterocycles. The minimum absolute atomic E-state index is 0.148. The van der Waals surface area contributed by atoms with Gasteiger partial charge >= 0.3 is 5.97 Å². The molecule has 0 radical (unpaired) electrons. The number of aromatic carboxylic acids is 1. The number of aryl methyl sites for hydroxylation is 1. The van der Waals surface area contributed by atoms with E-state index in [1.54, 1.807) is 48.5 Å². The van der Waals surface area contributed by atoms with E-state index in [4.69, 9.17) is 16.3 Å². The Bertz CT molecular complexity index is 1480. The van der Waals surface area contributed by atoms with Crippen LogP contribution in [0, 0.1) is 0 Å². The minimum Gasteiger partial charge on any atom is -0.488 e. The Labute approximate surface area is 208 Å². The lowest BCUT2D eigenvalue weighted by atomic mass is 10.1. The zero-order valence-electron chi connectivity index (χ0n) is 18.0. The van der Waals surface area contributed by atoms with Gasteiger partial charge in [0, 0.05) is 21.5 Å². The highest BCUT2D eigenvalue weighted by Crippen LogP contribution is 2.23. The molecule has 7 nitrogen and oxygen atoms in total. The number of rotatable bonds is 7. The molecule has 1 aromatic heterocycles. The molecule has 172 valence electrons. The van der Waals surface area contributed by atoms with E-state index in [0.29, 0.717) is 45.0 Å². The predicted octanol–water partition coefficient (Wildman–Crippen LogP) is 5.53. The third kappa shape index (κ3) is 5.18. The molecule has 0 atom stereocenters. The van der Waals surface area contributed by atoms with Gasteiger partial charge in [-0.25, -0.2) is 9.78 Å². The summed E-state index contributed by atoms with van der Waals surface area (Å²) in [5.41, 5.74) is 1.76. The summed E-state index contributed by atoms with van der Waals surface area (Å²) in [6.07, 6.45) is 2.01. The minimum atomic E-state index is -1.01. The lowest BCUT2D eigenvalue weighted by Crippen LogP contribution is -2.22. The van der Waals surface area contributed by atoms with E-state index in [2.05, 4.69) is 26.0 Å².